The minimum atomic E-state index is -0.381. The van der Waals surface area contributed by atoms with Gasteiger partial charge in [0, 0.05) is 19.5 Å². The van der Waals surface area contributed by atoms with Crippen LogP contribution in [0.4, 0.5) is 4.79 Å². The first-order valence-electron chi connectivity index (χ1n) is 6.39. The molecule has 0 aromatic heterocycles. The van der Waals surface area contributed by atoms with E-state index >= 15 is 0 Å². The molecule has 0 aliphatic carbocycles. The van der Waals surface area contributed by atoms with Crippen LogP contribution in [-0.2, 0) is 9.59 Å². The Kier molecular flexibility index (Phi) is 5.61. The summed E-state index contributed by atoms with van der Waals surface area (Å²) in [6.07, 6.45) is 2.59. The highest BCUT2D eigenvalue weighted by molar-refractivity contribution is 6.01. The van der Waals surface area contributed by atoms with E-state index < -0.39 is 0 Å². The summed E-state index contributed by atoms with van der Waals surface area (Å²) >= 11 is 0. The lowest BCUT2D eigenvalue weighted by atomic mass is 10.0. The zero-order valence-corrected chi connectivity index (χ0v) is 11.0. The molecule has 1 fully saturated rings. The molecule has 2 N–H and O–H groups in total. The van der Waals surface area contributed by atoms with Crippen molar-refractivity contribution in [3.05, 3.63) is 0 Å². The van der Waals surface area contributed by atoms with E-state index in [1.54, 1.807) is 0 Å². The number of nitrogens with one attached hydrogen (secondary N) is 2. The van der Waals surface area contributed by atoms with Gasteiger partial charge in [-0.3, -0.25) is 14.5 Å². The Hall–Kier alpha value is -1.59. The second-order valence-corrected chi connectivity index (χ2v) is 4.65. The van der Waals surface area contributed by atoms with Gasteiger partial charge in [-0.2, -0.15) is 0 Å². The number of hydrogen-bond acceptors (Lipinski definition) is 3. The predicted octanol–water partition coefficient (Wildman–Crippen LogP) is 0.481. The number of amides is 4. The molecule has 102 valence electrons. The zero-order valence-electron chi connectivity index (χ0n) is 11.0. The standard InChI is InChI=1S/C12H21N3O3/c1-3-4-9(2)7-10(16)13-5-6-15-11(17)8-14-12(15)18/h9H,3-8H2,1-2H3,(H,13,16)(H,14,18). The highest BCUT2D eigenvalue weighted by Gasteiger charge is 2.27. The van der Waals surface area contributed by atoms with Crippen LogP contribution in [0.3, 0.4) is 0 Å². The van der Waals surface area contributed by atoms with Crippen molar-refractivity contribution >= 4 is 17.8 Å². The van der Waals surface area contributed by atoms with Gasteiger partial charge in [0.25, 0.3) is 0 Å². The molecule has 0 spiro atoms. The number of rotatable bonds is 7. The molecule has 1 rings (SSSR count). The fourth-order valence-electron chi connectivity index (χ4n) is 1.97. The smallest absolute Gasteiger partial charge is 0.324 e. The third-order valence-electron chi connectivity index (χ3n) is 2.91. The van der Waals surface area contributed by atoms with Crippen molar-refractivity contribution in [2.45, 2.75) is 33.1 Å². The average Bonchev–Trinajstić information content (AvgIpc) is 2.60. The van der Waals surface area contributed by atoms with Gasteiger partial charge in [-0.25, -0.2) is 4.79 Å². The summed E-state index contributed by atoms with van der Waals surface area (Å²) in [5.74, 6) is 0.100. The van der Waals surface area contributed by atoms with Gasteiger partial charge in [-0.05, 0) is 5.92 Å². The van der Waals surface area contributed by atoms with E-state index in [2.05, 4.69) is 17.6 Å². The van der Waals surface area contributed by atoms with Gasteiger partial charge in [0.15, 0.2) is 0 Å². The highest BCUT2D eigenvalue weighted by atomic mass is 16.2. The molecule has 0 aromatic carbocycles. The first kappa shape index (κ1) is 14.5. The van der Waals surface area contributed by atoms with Crippen LogP contribution < -0.4 is 10.6 Å². The highest BCUT2D eigenvalue weighted by Crippen LogP contribution is 2.09. The molecule has 0 bridgehead atoms. The minimum absolute atomic E-state index is 0.0250. The molecule has 6 heteroatoms. The molecular weight excluding hydrogens is 234 g/mol. The quantitative estimate of drug-likeness (QED) is 0.649. The Balaban J connectivity index is 2.19. The molecule has 1 unspecified atom stereocenters. The van der Waals surface area contributed by atoms with Crippen LogP contribution in [0.2, 0.25) is 0 Å². The number of hydrogen-bond donors (Lipinski definition) is 2. The Morgan fingerprint density at radius 2 is 2.22 bits per heavy atom. The molecule has 4 amide bonds. The van der Waals surface area contributed by atoms with E-state index in [0.29, 0.717) is 18.9 Å². The molecule has 6 nitrogen and oxygen atoms in total. The Morgan fingerprint density at radius 1 is 1.50 bits per heavy atom. The topological polar surface area (TPSA) is 78.5 Å². The van der Waals surface area contributed by atoms with Gasteiger partial charge >= 0.3 is 6.03 Å². The number of nitrogens with zero attached hydrogens (tertiary/aromatic N) is 1. The van der Waals surface area contributed by atoms with Crippen molar-refractivity contribution in [2.75, 3.05) is 19.6 Å². The summed E-state index contributed by atoms with van der Waals surface area (Å²) in [7, 11) is 0. The number of carbonyl (C=O) groups excluding carboxylic acids is 3. The summed E-state index contributed by atoms with van der Waals surface area (Å²) in [5.41, 5.74) is 0. The molecular formula is C12H21N3O3. The maximum atomic E-state index is 11.6. The van der Waals surface area contributed by atoms with E-state index in [1.807, 2.05) is 6.92 Å². The summed E-state index contributed by atoms with van der Waals surface area (Å²) < 4.78 is 0. The van der Waals surface area contributed by atoms with Gasteiger partial charge < -0.3 is 10.6 Å². The van der Waals surface area contributed by atoms with Crippen molar-refractivity contribution in [3.63, 3.8) is 0 Å². The van der Waals surface area contributed by atoms with Crippen LogP contribution >= 0.6 is 0 Å². The fraction of sp³-hybridized carbons (Fsp3) is 0.750. The monoisotopic (exact) mass is 255 g/mol. The molecule has 0 saturated carbocycles. The lowest BCUT2D eigenvalue weighted by molar-refractivity contribution is -0.126. The molecule has 1 atom stereocenters. The molecule has 0 radical (unpaired) electrons. The van der Waals surface area contributed by atoms with Crippen molar-refractivity contribution in [1.29, 1.82) is 0 Å². The summed E-state index contributed by atoms with van der Waals surface area (Å²) in [6, 6.07) is -0.381. The minimum Gasteiger partial charge on any atom is -0.354 e. The molecule has 1 heterocycles. The Bertz CT molecular complexity index is 315. The summed E-state index contributed by atoms with van der Waals surface area (Å²) in [5, 5.41) is 5.16. The molecule has 1 aliphatic heterocycles. The van der Waals surface area contributed by atoms with Gasteiger partial charge in [0.1, 0.15) is 0 Å². The first-order valence-corrected chi connectivity index (χ1v) is 6.39. The number of urea groups is 1. The summed E-state index contributed by atoms with van der Waals surface area (Å²) in [4.78, 5) is 35.1. The van der Waals surface area contributed by atoms with Crippen molar-refractivity contribution in [2.24, 2.45) is 5.92 Å². The van der Waals surface area contributed by atoms with Crippen molar-refractivity contribution in [1.82, 2.24) is 15.5 Å². The Morgan fingerprint density at radius 3 is 2.78 bits per heavy atom. The maximum absolute atomic E-state index is 11.6. The third-order valence-corrected chi connectivity index (χ3v) is 2.91. The first-order chi connectivity index (χ1) is 8.54. The second-order valence-electron chi connectivity index (χ2n) is 4.65. The third kappa shape index (κ3) is 4.35. The Labute approximate surface area is 107 Å². The van der Waals surface area contributed by atoms with E-state index in [1.165, 1.54) is 0 Å². The van der Waals surface area contributed by atoms with Crippen molar-refractivity contribution < 1.29 is 14.4 Å². The predicted molar refractivity (Wildman–Crippen MR) is 66.8 cm³/mol. The van der Waals surface area contributed by atoms with Crippen molar-refractivity contribution in [3.8, 4) is 0 Å². The normalized spacial score (nSPS) is 16.7. The van der Waals surface area contributed by atoms with E-state index in [-0.39, 0.29) is 30.9 Å². The van der Waals surface area contributed by atoms with Gasteiger partial charge in [0.2, 0.25) is 11.8 Å². The average molecular weight is 255 g/mol. The van der Waals surface area contributed by atoms with Crippen LogP contribution in [-0.4, -0.2) is 42.4 Å². The van der Waals surface area contributed by atoms with Crippen LogP contribution in [0.5, 0.6) is 0 Å². The number of imide groups is 1. The van der Waals surface area contributed by atoms with Gasteiger partial charge in [0.05, 0.1) is 6.54 Å². The number of carbonyl (C=O) groups is 3. The molecule has 0 aromatic rings. The van der Waals surface area contributed by atoms with Crippen LogP contribution in [0, 0.1) is 5.92 Å². The van der Waals surface area contributed by atoms with E-state index in [4.69, 9.17) is 0 Å². The largest absolute Gasteiger partial charge is 0.354 e. The van der Waals surface area contributed by atoms with Gasteiger partial charge in [-0.1, -0.05) is 26.7 Å². The molecule has 18 heavy (non-hydrogen) atoms. The van der Waals surface area contributed by atoms with Crippen LogP contribution in [0.15, 0.2) is 0 Å². The fourth-order valence-corrected chi connectivity index (χ4v) is 1.97. The summed E-state index contributed by atoms with van der Waals surface area (Å²) in [6.45, 7) is 4.74. The zero-order chi connectivity index (χ0) is 13.5. The van der Waals surface area contributed by atoms with E-state index in [9.17, 15) is 14.4 Å². The lowest BCUT2D eigenvalue weighted by Crippen LogP contribution is -2.38. The molecule has 1 aliphatic rings. The lowest BCUT2D eigenvalue weighted by Gasteiger charge is -2.14. The maximum Gasteiger partial charge on any atom is 0.324 e. The van der Waals surface area contributed by atoms with Gasteiger partial charge in [-0.15, -0.1) is 0 Å². The SMILES string of the molecule is CCCC(C)CC(=O)NCCN1C(=O)CNC1=O. The molecule has 1 saturated heterocycles. The van der Waals surface area contributed by atoms with Crippen LogP contribution in [0.1, 0.15) is 33.1 Å². The second kappa shape index (κ2) is 6.98. The van der Waals surface area contributed by atoms with E-state index in [0.717, 1.165) is 17.7 Å². The van der Waals surface area contributed by atoms with Crippen LogP contribution in [0.25, 0.3) is 0 Å².